The van der Waals surface area contributed by atoms with E-state index in [9.17, 15) is 9.50 Å². The standard InChI is InChI=1S/C21H20FN3O/c22-18-10-16(6-7-21(18)26)19-11-20-17(12-24-19)14-25(9-8-23-20)13-15-4-2-1-3-5-15/h1-7,10-12,23,26H,8-9,13-14H2. The van der Waals surface area contributed by atoms with Crippen LogP contribution < -0.4 is 5.32 Å². The fourth-order valence-electron chi connectivity index (χ4n) is 3.24. The van der Waals surface area contributed by atoms with E-state index in [0.717, 1.165) is 37.4 Å². The van der Waals surface area contributed by atoms with Crippen molar-refractivity contribution in [1.82, 2.24) is 9.88 Å². The van der Waals surface area contributed by atoms with Gasteiger partial charge >= 0.3 is 0 Å². The lowest BCUT2D eigenvalue weighted by atomic mass is 10.1. The molecule has 4 rings (SSSR count). The average molecular weight is 349 g/mol. The number of aromatic nitrogens is 1. The Kier molecular flexibility index (Phi) is 4.54. The summed E-state index contributed by atoms with van der Waals surface area (Å²) in [5, 5.41) is 12.8. The minimum absolute atomic E-state index is 0.349. The van der Waals surface area contributed by atoms with E-state index in [2.05, 4.69) is 39.5 Å². The number of benzene rings is 2. The fourth-order valence-corrected chi connectivity index (χ4v) is 3.24. The fraction of sp³-hybridized carbons (Fsp3) is 0.190. The number of rotatable bonds is 3. The highest BCUT2D eigenvalue weighted by molar-refractivity contribution is 5.67. The molecule has 5 heteroatoms. The largest absolute Gasteiger partial charge is 0.505 e. The van der Waals surface area contributed by atoms with Gasteiger partial charge in [0.05, 0.1) is 5.69 Å². The maximum atomic E-state index is 13.6. The van der Waals surface area contributed by atoms with Crippen LogP contribution in [0.15, 0.2) is 60.8 Å². The van der Waals surface area contributed by atoms with Crippen LogP contribution in [-0.2, 0) is 13.1 Å². The predicted molar refractivity (Wildman–Crippen MR) is 100 cm³/mol. The first kappa shape index (κ1) is 16.5. The van der Waals surface area contributed by atoms with E-state index in [1.807, 2.05) is 18.3 Å². The van der Waals surface area contributed by atoms with Crippen LogP contribution in [0.4, 0.5) is 10.1 Å². The van der Waals surface area contributed by atoms with Gasteiger partial charge in [-0.05, 0) is 29.8 Å². The van der Waals surface area contributed by atoms with Gasteiger partial charge in [0.2, 0.25) is 0 Å². The third-order valence-corrected chi connectivity index (χ3v) is 4.62. The number of phenolic OH excluding ortho intramolecular Hbond substituents is 1. The summed E-state index contributed by atoms with van der Waals surface area (Å²) in [4.78, 5) is 6.89. The van der Waals surface area contributed by atoms with E-state index < -0.39 is 5.82 Å². The molecular weight excluding hydrogens is 329 g/mol. The number of fused-ring (bicyclic) bond motifs is 1. The highest BCUT2D eigenvalue weighted by Gasteiger charge is 2.16. The molecular formula is C21H20FN3O. The first-order chi connectivity index (χ1) is 12.7. The molecule has 1 aliphatic heterocycles. The molecule has 3 aromatic rings. The molecule has 0 fully saturated rings. The average Bonchev–Trinajstić information content (AvgIpc) is 2.86. The van der Waals surface area contributed by atoms with Gasteiger partial charge < -0.3 is 10.4 Å². The lowest BCUT2D eigenvalue weighted by molar-refractivity contribution is 0.271. The summed E-state index contributed by atoms with van der Waals surface area (Å²) in [6, 6.07) is 16.7. The number of aromatic hydroxyl groups is 1. The Morgan fingerprint density at radius 3 is 2.77 bits per heavy atom. The molecule has 0 spiro atoms. The molecule has 0 radical (unpaired) electrons. The zero-order chi connectivity index (χ0) is 17.9. The minimum atomic E-state index is -0.638. The molecule has 0 atom stereocenters. The van der Waals surface area contributed by atoms with Crippen molar-refractivity contribution in [3.05, 3.63) is 77.7 Å². The van der Waals surface area contributed by atoms with Crippen LogP contribution >= 0.6 is 0 Å². The Bertz CT molecular complexity index is 914. The second kappa shape index (κ2) is 7.14. The minimum Gasteiger partial charge on any atom is -0.505 e. The van der Waals surface area contributed by atoms with Gasteiger partial charge in [-0.25, -0.2) is 4.39 Å². The van der Waals surface area contributed by atoms with E-state index >= 15 is 0 Å². The molecule has 0 unspecified atom stereocenters. The number of halogens is 1. The van der Waals surface area contributed by atoms with Crippen molar-refractivity contribution < 1.29 is 9.50 Å². The quantitative estimate of drug-likeness (QED) is 0.750. The Hall–Kier alpha value is -2.92. The summed E-state index contributed by atoms with van der Waals surface area (Å²) in [5.41, 5.74) is 4.78. The highest BCUT2D eigenvalue weighted by Crippen LogP contribution is 2.28. The van der Waals surface area contributed by atoms with Crippen LogP contribution in [0.25, 0.3) is 11.3 Å². The second-order valence-corrected chi connectivity index (χ2v) is 6.52. The van der Waals surface area contributed by atoms with Crippen molar-refractivity contribution in [1.29, 1.82) is 0 Å². The molecule has 2 aromatic carbocycles. The number of nitrogens with zero attached hydrogens (tertiary/aromatic N) is 2. The Morgan fingerprint density at radius 1 is 1.12 bits per heavy atom. The molecule has 132 valence electrons. The van der Waals surface area contributed by atoms with Crippen LogP contribution in [0.2, 0.25) is 0 Å². The topological polar surface area (TPSA) is 48.4 Å². The first-order valence-electron chi connectivity index (χ1n) is 8.67. The summed E-state index contributed by atoms with van der Waals surface area (Å²) < 4.78 is 13.6. The van der Waals surface area contributed by atoms with Gasteiger partial charge in [-0.2, -0.15) is 0 Å². The third-order valence-electron chi connectivity index (χ3n) is 4.62. The van der Waals surface area contributed by atoms with E-state index in [1.165, 1.54) is 17.7 Å². The maximum Gasteiger partial charge on any atom is 0.165 e. The molecule has 1 aromatic heterocycles. The molecule has 26 heavy (non-hydrogen) atoms. The molecule has 0 aliphatic carbocycles. The number of nitrogens with one attached hydrogen (secondary N) is 1. The number of hydrogen-bond acceptors (Lipinski definition) is 4. The molecule has 0 saturated heterocycles. The van der Waals surface area contributed by atoms with Gasteiger partial charge in [0.15, 0.2) is 11.6 Å². The predicted octanol–water partition coefficient (Wildman–Crippen LogP) is 4.02. The summed E-state index contributed by atoms with van der Waals surface area (Å²) in [6.07, 6.45) is 1.85. The first-order valence-corrected chi connectivity index (χ1v) is 8.67. The van der Waals surface area contributed by atoms with Crippen LogP contribution in [0.5, 0.6) is 5.75 Å². The van der Waals surface area contributed by atoms with Crippen molar-refractivity contribution >= 4 is 5.69 Å². The Morgan fingerprint density at radius 2 is 1.96 bits per heavy atom. The monoisotopic (exact) mass is 349 g/mol. The summed E-state index contributed by atoms with van der Waals surface area (Å²) >= 11 is 0. The molecule has 4 nitrogen and oxygen atoms in total. The highest BCUT2D eigenvalue weighted by atomic mass is 19.1. The van der Waals surface area contributed by atoms with Gasteiger partial charge in [-0.3, -0.25) is 9.88 Å². The van der Waals surface area contributed by atoms with Crippen LogP contribution in [0, 0.1) is 5.82 Å². The van der Waals surface area contributed by atoms with Gasteiger partial charge in [0.25, 0.3) is 0 Å². The molecule has 2 N–H and O–H groups in total. The third kappa shape index (κ3) is 3.53. The molecule has 0 saturated carbocycles. The van der Waals surface area contributed by atoms with Gasteiger partial charge in [0.1, 0.15) is 0 Å². The number of anilines is 1. The van der Waals surface area contributed by atoms with Crippen LogP contribution in [0.3, 0.4) is 0 Å². The van der Waals surface area contributed by atoms with Crippen molar-refractivity contribution in [3.63, 3.8) is 0 Å². The Balaban J connectivity index is 1.57. The summed E-state index contributed by atoms with van der Waals surface area (Å²) in [6.45, 7) is 3.49. The molecule has 1 aliphatic rings. The maximum absolute atomic E-state index is 13.6. The number of pyridine rings is 1. The van der Waals surface area contributed by atoms with Gasteiger partial charge in [0, 0.05) is 49.2 Å². The van der Waals surface area contributed by atoms with Gasteiger partial charge in [-0.1, -0.05) is 30.3 Å². The molecule has 2 heterocycles. The number of hydrogen-bond donors (Lipinski definition) is 2. The van der Waals surface area contributed by atoms with E-state index in [0.29, 0.717) is 11.3 Å². The van der Waals surface area contributed by atoms with Crippen LogP contribution in [-0.4, -0.2) is 28.1 Å². The van der Waals surface area contributed by atoms with E-state index in [-0.39, 0.29) is 5.75 Å². The van der Waals surface area contributed by atoms with Crippen molar-refractivity contribution in [2.75, 3.05) is 18.4 Å². The van der Waals surface area contributed by atoms with E-state index in [4.69, 9.17) is 0 Å². The van der Waals surface area contributed by atoms with Crippen molar-refractivity contribution in [2.24, 2.45) is 0 Å². The summed E-state index contributed by atoms with van der Waals surface area (Å²) in [5.74, 6) is -0.987. The lowest BCUT2D eigenvalue weighted by Gasteiger charge is -2.19. The number of phenols is 1. The van der Waals surface area contributed by atoms with Crippen molar-refractivity contribution in [2.45, 2.75) is 13.1 Å². The zero-order valence-electron chi connectivity index (χ0n) is 14.3. The summed E-state index contributed by atoms with van der Waals surface area (Å²) in [7, 11) is 0. The van der Waals surface area contributed by atoms with Gasteiger partial charge in [-0.15, -0.1) is 0 Å². The molecule has 0 bridgehead atoms. The second-order valence-electron chi connectivity index (χ2n) is 6.52. The SMILES string of the molecule is Oc1ccc(-c2cc3c(cn2)CN(Cc2ccccc2)CCN3)cc1F. The normalized spacial score (nSPS) is 14.3. The lowest BCUT2D eigenvalue weighted by Crippen LogP contribution is -2.25. The zero-order valence-corrected chi connectivity index (χ0v) is 14.3. The molecule has 0 amide bonds. The van der Waals surface area contributed by atoms with Crippen LogP contribution in [0.1, 0.15) is 11.1 Å². The Labute approximate surface area is 151 Å². The van der Waals surface area contributed by atoms with E-state index in [1.54, 1.807) is 6.07 Å². The van der Waals surface area contributed by atoms with Crippen molar-refractivity contribution in [3.8, 4) is 17.0 Å². The smallest absolute Gasteiger partial charge is 0.165 e.